The predicted molar refractivity (Wildman–Crippen MR) is 106 cm³/mol. The third-order valence-electron chi connectivity index (χ3n) is 3.66. The summed E-state index contributed by atoms with van der Waals surface area (Å²) in [5, 5.41) is 6.16. The fraction of sp³-hybridized carbons (Fsp3) is 0.238. The van der Waals surface area contributed by atoms with Gasteiger partial charge in [0.25, 0.3) is 11.8 Å². The van der Waals surface area contributed by atoms with Crippen molar-refractivity contribution in [3.05, 3.63) is 75.9 Å². The summed E-state index contributed by atoms with van der Waals surface area (Å²) in [6, 6.07) is 14.2. The number of rotatable bonds is 6. The molecule has 0 aliphatic heterocycles. The van der Waals surface area contributed by atoms with Gasteiger partial charge in [0.15, 0.2) is 0 Å². The second kappa shape index (κ2) is 9.20. The quantitative estimate of drug-likeness (QED) is 0.749. The van der Waals surface area contributed by atoms with Crippen molar-refractivity contribution in [2.45, 2.75) is 20.8 Å². The monoisotopic (exact) mass is 370 g/mol. The van der Waals surface area contributed by atoms with Crippen LogP contribution in [0.15, 0.2) is 54.2 Å². The Labute approximate surface area is 159 Å². The summed E-state index contributed by atoms with van der Waals surface area (Å²) in [6.45, 7) is 6.49. The van der Waals surface area contributed by atoms with Crippen molar-refractivity contribution >= 4 is 29.5 Å². The van der Waals surface area contributed by atoms with Crippen LogP contribution in [-0.4, -0.2) is 18.4 Å². The SMILES string of the molecule is Cc1ccc(C(=O)NC(=Cc2ccc(Cl)cc2)C(=O)NCC(C)C)cc1. The first-order valence-corrected chi connectivity index (χ1v) is 8.86. The summed E-state index contributed by atoms with van der Waals surface area (Å²) in [5.74, 6) is -0.345. The molecule has 136 valence electrons. The highest BCUT2D eigenvalue weighted by atomic mass is 35.5. The van der Waals surface area contributed by atoms with Crippen molar-refractivity contribution in [1.82, 2.24) is 10.6 Å². The van der Waals surface area contributed by atoms with Crippen LogP contribution < -0.4 is 10.6 Å². The van der Waals surface area contributed by atoms with E-state index >= 15 is 0 Å². The van der Waals surface area contributed by atoms with E-state index in [2.05, 4.69) is 10.6 Å². The number of hydrogen-bond acceptors (Lipinski definition) is 2. The molecule has 26 heavy (non-hydrogen) atoms. The van der Waals surface area contributed by atoms with Crippen molar-refractivity contribution in [3.8, 4) is 0 Å². The van der Waals surface area contributed by atoms with E-state index in [1.54, 1.807) is 42.5 Å². The maximum Gasteiger partial charge on any atom is 0.267 e. The highest BCUT2D eigenvalue weighted by Gasteiger charge is 2.14. The lowest BCUT2D eigenvalue weighted by molar-refractivity contribution is -0.117. The maximum absolute atomic E-state index is 12.5. The number of halogens is 1. The molecule has 0 heterocycles. The molecular formula is C21H23ClN2O2. The molecule has 0 aliphatic rings. The first kappa shape index (κ1) is 19.7. The van der Waals surface area contributed by atoms with Gasteiger partial charge in [0.05, 0.1) is 0 Å². The second-order valence-electron chi connectivity index (χ2n) is 6.53. The van der Waals surface area contributed by atoms with E-state index in [1.807, 2.05) is 32.9 Å². The summed E-state index contributed by atoms with van der Waals surface area (Å²) in [4.78, 5) is 25.0. The Morgan fingerprint density at radius 2 is 1.65 bits per heavy atom. The van der Waals surface area contributed by atoms with E-state index in [4.69, 9.17) is 11.6 Å². The molecule has 0 saturated carbocycles. The molecule has 0 aromatic heterocycles. The largest absolute Gasteiger partial charge is 0.351 e. The molecule has 2 aromatic carbocycles. The van der Waals surface area contributed by atoms with Crippen LogP contribution in [-0.2, 0) is 4.79 Å². The van der Waals surface area contributed by atoms with Gasteiger partial charge in [-0.05, 0) is 48.7 Å². The predicted octanol–water partition coefficient (Wildman–Crippen LogP) is 4.19. The molecule has 0 fully saturated rings. The van der Waals surface area contributed by atoms with Crippen LogP contribution in [0.4, 0.5) is 0 Å². The number of carbonyl (C=O) groups is 2. The molecular weight excluding hydrogens is 348 g/mol. The molecule has 0 saturated heterocycles. The number of amides is 2. The summed E-state index contributed by atoms with van der Waals surface area (Å²) in [7, 11) is 0. The molecule has 0 atom stereocenters. The molecule has 0 unspecified atom stereocenters. The summed E-state index contributed by atoms with van der Waals surface area (Å²) in [6.07, 6.45) is 1.64. The maximum atomic E-state index is 12.5. The van der Waals surface area contributed by atoms with Gasteiger partial charge in [-0.25, -0.2) is 0 Å². The summed E-state index contributed by atoms with van der Waals surface area (Å²) in [5.41, 5.74) is 2.52. The molecule has 2 amide bonds. The number of nitrogens with one attached hydrogen (secondary N) is 2. The van der Waals surface area contributed by atoms with Crippen molar-refractivity contribution in [3.63, 3.8) is 0 Å². The van der Waals surface area contributed by atoms with Crippen molar-refractivity contribution in [2.24, 2.45) is 5.92 Å². The fourth-order valence-electron chi connectivity index (χ4n) is 2.18. The molecule has 4 nitrogen and oxygen atoms in total. The first-order chi connectivity index (χ1) is 12.3. The minimum atomic E-state index is -0.329. The zero-order chi connectivity index (χ0) is 19.1. The van der Waals surface area contributed by atoms with Gasteiger partial charge in [-0.15, -0.1) is 0 Å². The second-order valence-corrected chi connectivity index (χ2v) is 6.97. The van der Waals surface area contributed by atoms with E-state index in [0.29, 0.717) is 23.0 Å². The van der Waals surface area contributed by atoms with Crippen LogP contribution >= 0.6 is 11.6 Å². The highest BCUT2D eigenvalue weighted by molar-refractivity contribution is 6.30. The molecule has 2 rings (SSSR count). The Bertz CT molecular complexity index is 794. The molecule has 0 radical (unpaired) electrons. The van der Waals surface area contributed by atoms with Crippen LogP contribution in [0.5, 0.6) is 0 Å². The van der Waals surface area contributed by atoms with Crippen molar-refractivity contribution in [2.75, 3.05) is 6.54 Å². The number of hydrogen-bond donors (Lipinski definition) is 2. The molecule has 0 aliphatic carbocycles. The van der Waals surface area contributed by atoms with Crippen LogP contribution in [0.2, 0.25) is 5.02 Å². The Hall–Kier alpha value is -2.59. The van der Waals surface area contributed by atoms with Gasteiger partial charge >= 0.3 is 0 Å². The van der Waals surface area contributed by atoms with E-state index in [-0.39, 0.29) is 17.5 Å². The van der Waals surface area contributed by atoms with Crippen LogP contribution in [0.25, 0.3) is 6.08 Å². The van der Waals surface area contributed by atoms with Crippen molar-refractivity contribution in [1.29, 1.82) is 0 Å². The minimum Gasteiger partial charge on any atom is -0.351 e. The lowest BCUT2D eigenvalue weighted by Gasteiger charge is -2.12. The Morgan fingerprint density at radius 3 is 2.23 bits per heavy atom. The molecule has 0 spiro atoms. The number of benzene rings is 2. The standard InChI is InChI=1S/C21H23ClN2O2/c1-14(2)13-23-21(26)19(12-16-6-10-18(22)11-7-16)24-20(25)17-8-4-15(3)5-9-17/h4-12,14H,13H2,1-3H3,(H,23,26)(H,24,25). The zero-order valence-electron chi connectivity index (χ0n) is 15.2. The van der Waals surface area contributed by atoms with Gasteiger partial charge in [0.1, 0.15) is 5.70 Å². The fourth-order valence-corrected chi connectivity index (χ4v) is 2.30. The molecule has 0 bridgehead atoms. The van der Waals surface area contributed by atoms with Gasteiger partial charge in [-0.2, -0.15) is 0 Å². The van der Waals surface area contributed by atoms with E-state index < -0.39 is 0 Å². The smallest absolute Gasteiger partial charge is 0.267 e. The molecule has 2 aromatic rings. The average Bonchev–Trinajstić information content (AvgIpc) is 2.61. The summed E-state index contributed by atoms with van der Waals surface area (Å²) < 4.78 is 0. The van der Waals surface area contributed by atoms with Gasteiger partial charge in [0.2, 0.25) is 0 Å². The van der Waals surface area contributed by atoms with Crippen LogP contribution in [0, 0.1) is 12.8 Å². The third-order valence-corrected chi connectivity index (χ3v) is 3.91. The first-order valence-electron chi connectivity index (χ1n) is 8.48. The average molecular weight is 371 g/mol. The highest BCUT2D eigenvalue weighted by Crippen LogP contribution is 2.13. The minimum absolute atomic E-state index is 0.193. The van der Waals surface area contributed by atoms with E-state index in [9.17, 15) is 9.59 Å². The van der Waals surface area contributed by atoms with Gasteiger partial charge in [-0.3, -0.25) is 9.59 Å². The summed E-state index contributed by atoms with van der Waals surface area (Å²) >= 11 is 5.90. The molecule has 2 N–H and O–H groups in total. The van der Waals surface area contributed by atoms with Crippen molar-refractivity contribution < 1.29 is 9.59 Å². The third kappa shape index (κ3) is 6.05. The van der Waals surface area contributed by atoms with Crippen LogP contribution in [0.3, 0.4) is 0 Å². The van der Waals surface area contributed by atoms with Gasteiger partial charge in [-0.1, -0.05) is 55.3 Å². The topological polar surface area (TPSA) is 58.2 Å². The van der Waals surface area contributed by atoms with Crippen LogP contribution in [0.1, 0.15) is 35.3 Å². The van der Waals surface area contributed by atoms with Gasteiger partial charge in [0, 0.05) is 17.1 Å². The Balaban J connectivity index is 2.24. The lowest BCUT2D eigenvalue weighted by atomic mass is 10.1. The normalized spacial score (nSPS) is 11.3. The lowest BCUT2D eigenvalue weighted by Crippen LogP contribution is -2.36. The van der Waals surface area contributed by atoms with E-state index in [0.717, 1.165) is 11.1 Å². The number of carbonyl (C=O) groups excluding carboxylic acids is 2. The Kier molecular flexibility index (Phi) is 6.98. The zero-order valence-corrected chi connectivity index (χ0v) is 15.9. The molecule has 5 heteroatoms. The number of aryl methyl sites for hydroxylation is 1. The van der Waals surface area contributed by atoms with Gasteiger partial charge < -0.3 is 10.6 Å². The van der Waals surface area contributed by atoms with E-state index in [1.165, 1.54) is 0 Å². The Morgan fingerprint density at radius 1 is 1.04 bits per heavy atom.